The van der Waals surface area contributed by atoms with Crippen molar-refractivity contribution < 1.29 is 4.74 Å². The van der Waals surface area contributed by atoms with Crippen LogP contribution in [-0.4, -0.2) is 12.1 Å². The maximum Gasteiger partial charge on any atom is 0.138 e. The Morgan fingerprint density at radius 3 is 3.00 bits per heavy atom. The second-order valence-electron chi connectivity index (χ2n) is 2.67. The molecule has 68 valence electrons. The third-order valence-corrected chi connectivity index (χ3v) is 1.56. The van der Waals surface area contributed by atoms with Crippen molar-refractivity contribution in [2.75, 3.05) is 7.11 Å². The van der Waals surface area contributed by atoms with Gasteiger partial charge in [0.25, 0.3) is 0 Å². The molecule has 0 aliphatic carbocycles. The van der Waals surface area contributed by atoms with Crippen molar-refractivity contribution in [2.45, 2.75) is 19.8 Å². The lowest BCUT2D eigenvalue weighted by molar-refractivity contribution is 0.413. The van der Waals surface area contributed by atoms with Gasteiger partial charge in [-0.05, 0) is 12.5 Å². The summed E-state index contributed by atoms with van der Waals surface area (Å²) in [6.45, 7) is 2.11. The van der Waals surface area contributed by atoms with Gasteiger partial charge in [-0.2, -0.15) is 0 Å². The predicted octanol–water partition coefficient (Wildman–Crippen LogP) is 2.24. The molecular formula is C11H13NO. The van der Waals surface area contributed by atoms with Crippen LogP contribution in [0.25, 0.3) is 0 Å². The van der Waals surface area contributed by atoms with Crippen LogP contribution in [0.4, 0.5) is 0 Å². The highest BCUT2D eigenvalue weighted by atomic mass is 16.5. The van der Waals surface area contributed by atoms with Crippen molar-refractivity contribution in [3.63, 3.8) is 0 Å². The summed E-state index contributed by atoms with van der Waals surface area (Å²) in [5.74, 6) is 6.84. The Bertz CT molecular complexity index is 322. The fourth-order valence-corrected chi connectivity index (χ4v) is 0.888. The number of methoxy groups -OCH3 is 1. The maximum atomic E-state index is 5.03. The number of hydrogen-bond acceptors (Lipinski definition) is 2. The van der Waals surface area contributed by atoms with Gasteiger partial charge in [0.15, 0.2) is 0 Å². The zero-order valence-corrected chi connectivity index (χ0v) is 8.00. The molecule has 0 bridgehead atoms. The molecule has 0 aromatic carbocycles. The molecule has 0 aliphatic rings. The molecule has 1 heterocycles. The smallest absolute Gasteiger partial charge is 0.138 e. The highest BCUT2D eigenvalue weighted by molar-refractivity contribution is 5.36. The Morgan fingerprint density at radius 2 is 2.31 bits per heavy atom. The number of rotatable bonds is 2. The molecule has 1 aromatic heterocycles. The highest BCUT2D eigenvalue weighted by Crippen LogP contribution is 2.08. The standard InChI is InChI=1S/C11H13NO/c1-3-4-5-6-10-7-11(13-2)9-12-8-10/h7-9H,3-4H2,1-2H3. The Hall–Kier alpha value is -1.49. The largest absolute Gasteiger partial charge is 0.495 e. The summed E-state index contributed by atoms with van der Waals surface area (Å²) in [4.78, 5) is 4.01. The first kappa shape index (κ1) is 9.60. The minimum Gasteiger partial charge on any atom is -0.495 e. The molecule has 2 heteroatoms. The number of ether oxygens (including phenoxy) is 1. The summed E-state index contributed by atoms with van der Waals surface area (Å²) < 4.78 is 5.03. The molecule has 0 saturated carbocycles. The van der Waals surface area contributed by atoms with Crippen molar-refractivity contribution in [3.05, 3.63) is 24.0 Å². The molecule has 0 atom stereocenters. The topological polar surface area (TPSA) is 22.1 Å². The van der Waals surface area contributed by atoms with E-state index in [0.717, 1.165) is 24.2 Å². The van der Waals surface area contributed by atoms with E-state index in [4.69, 9.17) is 4.74 Å². The van der Waals surface area contributed by atoms with Gasteiger partial charge in [-0.3, -0.25) is 4.98 Å². The van der Waals surface area contributed by atoms with E-state index in [1.54, 1.807) is 19.5 Å². The second kappa shape index (κ2) is 5.21. The lowest BCUT2D eigenvalue weighted by Crippen LogP contribution is -1.85. The summed E-state index contributed by atoms with van der Waals surface area (Å²) in [5.41, 5.74) is 0.910. The highest BCUT2D eigenvalue weighted by Gasteiger charge is 1.91. The molecule has 0 N–H and O–H groups in total. The van der Waals surface area contributed by atoms with E-state index in [1.165, 1.54) is 0 Å². The van der Waals surface area contributed by atoms with Crippen molar-refractivity contribution >= 4 is 0 Å². The van der Waals surface area contributed by atoms with E-state index in [0.29, 0.717) is 0 Å². The minimum absolute atomic E-state index is 0.753. The van der Waals surface area contributed by atoms with Gasteiger partial charge in [0.05, 0.1) is 13.3 Å². The van der Waals surface area contributed by atoms with Crippen LogP contribution in [-0.2, 0) is 0 Å². The average Bonchev–Trinajstić information content (AvgIpc) is 2.19. The molecule has 1 rings (SSSR count). The summed E-state index contributed by atoms with van der Waals surface area (Å²) in [5, 5.41) is 0. The molecule has 0 amide bonds. The van der Waals surface area contributed by atoms with Gasteiger partial charge in [0, 0.05) is 18.2 Å². The van der Waals surface area contributed by atoms with Crippen LogP contribution in [0.15, 0.2) is 18.5 Å². The van der Waals surface area contributed by atoms with Gasteiger partial charge in [0.2, 0.25) is 0 Å². The molecular weight excluding hydrogens is 162 g/mol. The zero-order valence-electron chi connectivity index (χ0n) is 8.00. The molecule has 0 saturated heterocycles. The lowest BCUT2D eigenvalue weighted by Gasteiger charge is -1.97. The number of unbranched alkanes of at least 4 members (excludes halogenated alkanes) is 1. The van der Waals surface area contributed by atoms with Gasteiger partial charge in [-0.1, -0.05) is 18.8 Å². The minimum atomic E-state index is 0.753. The number of nitrogens with zero attached hydrogens (tertiary/aromatic N) is 1. The van der Waals surface area contributed by atoms with E-state index in [2.05, 4.69) is 23.7 Å². The average molecular weight is 175 g/mol. The van der Waals surface area contributed by atoms with E-state index in [-0.39, 0.29) is 0 Å². The molecule has 2 nitrogen and oxygen atoms in total. The Balaban J connectivity index is 2.73. The van der Waals surface area contributed by atoms with Crippen molar-refractivity contribution in [2.24, 2.45) is 0 Å². The van der Waals surface area contributed by atoms with Gasteiger partial charge in [0.1, 0.15) is 5.75 Å². The van der Waals surface area contributed by atoms with Gasteiger partial charge < -0.3 is 4.74 Å². The second-order valence-corrected chi connectivity index (χ2v) is 2.67. The van der Waals surface area contributed by atoms with Crippen LogP contribution < -0.4 is 4.74 Å². The molecule has 1 aromatic rings. The van der Waals surface area contributed by atoms with Crippen LogP contribution in [0.5, 0.6) is 5.75 Å². The monoisotopic (exact) mass is 175 g/mol. The summed E-state index contributed by atoms with van der Waals surface area (Å²) in [7, 11) is 1.63. The van der Waals surface area contributed by atoms with Crippen molar-refractivity contribution in [3.8, 4) is 17.6 Å². The van der Waals surface area contributed by atoms with E-state index < -0.39 is 0 Å². The molecule has 0 radical (unpaired) electrons. The van der Waals surface area contributed by atoms with Crippen LogP contribution in [0, 0.1) is 11.8 Å². The van der Waals surface area contributed by atoms with Crippen LogP contribution >= 0.6 is 0 Å². The fourth-order valence-electron chi connectivity index (χ4n) is 0.888. The Kier molecular flexibility index (Phi) is 3.84. The fraction of sp³-hybridized carbons (Fsp3) is 0.364. The van der Waals surface area contributed by atoms with Gasteiger partial charge >= 0.3 is 0 Å². The first-order valence-corrected chi connectivity index (χ1v) is 4.34. The lowest BCUT2D eigenvalue weighted by atomic mass is 10.2. The first-order chi connectivity index (χ1) is 6.36. The molecule has 0 unspecified atom stereocenters. The van der Waals surface area contributed by atoms with E-state index >= 15 is 0 Å². The van der Waals surface area contributed by atoms with Crippen LogP contribution in [0.1, 0.15) is 25.3 Å². The normalized spacial score (nSPS) is 8.77. The number of pyridine rings is 1. The third kappa shape index (κ3) is 3.16. The quantitative estimate of drug-likeness (QED) is 0.643. The first-order valence-electron chi connectivity index (χ1n) is 4.34. The molecule has 13 heavy (non-hydrogen) atoms. The summed E-state index contributed by atoms with van der Waals surface area (Å²) in [6.07, 6.45) is 5.43. The Labute approximate surface area is 79.0 Å². The zero-order chi connectivity index (χ0) is 9.52. The molecule has 0 spiro atoms. The number of aromatic nitrogens is 1. The van der Waals surface area contributed by atoms with Gasteiger partial charge in [-0.25, -0.2) is 0 Å². The van der Waals surface area contributed by atoms with Crippen LogP contribution in [0.2, 0.25) is 0 Å². The van der Waals surface area contributed by atoms with Gasteiger partial charge in [-0.15, -0.1) is 0 Å². The Morgan fingerprint density at radius 1 is 1.46 bits per heavy atom. The molecule has 0 aliphatic heterocycles. The summed E-state index contributed by atoms with van der Waals surface area (Å²) >= 11 is 0. The number of hydrogen-bond donors (Lipinski definition) is 0. The third-order valence-electron chi connectivity index (χ3n) is 1.56. The van der Waals surface area contributed by atoms with Crippen molar-refractivity contribution in [1.82, 2.24) is 4.98 Å². The molecule has 0 fully saturated rings. The van der Waals surface area contributed by atoms with E-state index in [1.807, 2.05) is 6.07 Å². The maximum absolute atomic E-state index is 5.03. The van der Waals surface area contributed by atoms with Crippen molar-refractivity contribution in [1.29, 1.82) is 0 Å². The van der Waals surface area contributed by atoms with Crippen LogP contribution in [0.3, 0.4) is 0 Å². The summed E-state index contributed by atoms with van der Waals surface area (Å²) in [6, 6.07) is 1.88. The SMILES string of the molecule is CCCC#Cc1cncc(OC)c1. The predicted molar refractivity (Wildman–Crippen MR) is 52.6 cm³/mol. The van der Waals surface area contributed by atoms with E-state index in [9.17, 15) is 0 Å².